The maximum absolute atomic E-state index is 12.6. The Balaban J connectivity index is 1.44. The predicted octanol–water partition coefficient (Wildman–Crippen LogP) is 5.77. The number of ether oxygens (including phenoxy) is 2. The van der Waals surface area contributed by atoms with E-state index in [9.17, 15) is 4.79 Å². The fourth-order valence-electron chi connectivity index (χ4n) is 3.84. The molecule has 0 saturated heterocycles. The summed E-state index contributed by atoms with van der Waals surface area (Å²) in [5, 5.41) is 4.20. The van der Waals surface area contributed by atoms with Gasteiger partial charge in [-0.15, -0.1) is 0 Å². The van der Waals surface area contributed by atoms with E-state index in [0.29, 0.717) is 46.6 Å². The Morgan fingerprint density at radius 2 is 1.79 bits per heavy atom. The Kier molecular flexibility index (Phi) is 7.60. The predicted molar refractivity (Wildman–Crippen MR) is 135 cm³/mol. The summed E-state index contributed by atoms with van der Waals surface area (Å²) in [6.45, 7) is 1.10. The van der Waals surface area contributed by atoms with Crippen molar-refractivity contribution < 1.29 is 14.3 Å². The molecule has 0 aliphatic carbocycles. The van der Waals surface area contributed by atoms with Crippen LogP contribution < -0.4 is 14.8 Å². The topological polar surface area (TPSA) is 65.4 Å². The highest BCUT2D eigenvalue weighted by Gasteiger charge is 2.14. The average molecular weight is 498 g/mol. The smallest absolute Gasteiger partial charge is 0.251 e. The summed E-state index contributed by atoms with van der Waals surface area (Å²) in [5.74, 6) is 1.87. The minimum Gasteiger partial charge on any atom is -0.493 e. The van der Waals surface area contributed by atoms with Crippen LogP contribution >= 0.6 is 23.2 Å². The van der Waals surface area contributed by atoms with E-state index in [0.717, 1.165) is 28.8 Å². The molecular formula is C26H25Cl2N3O3. The van der Waals surface area contributed by atoms with Gasteiger partial charge in [0, 0.05) is 28.6 Å². The van der Waals surface area contributed by atoms with Crippen molar-refractivity contribution in [3.63, 3.8) is 0 Å². The molecule has 0 radical (unpaired) electrons. The summed E-state index contributed by atoms with van der Waals surface area (Å²) in [6.07, 6.45) is 1.43. The molecule has 0 unspecified atom stereocenters. The number of methoxy groups -OCH3 is 2. The number of aryl methyl sites for hydroxylation is 1. The number of halogens is 2. The molecular weight excluding hydrogens is 473 g/mol. The van der Waals surface area contributed by atoms with Gasteiger partial charge in [-0.05, 0) is 54.4 Å². The summed E-state index contributed by atoms with van der Waals surface area (Å²) in [7, 11) is 3.11. The summed E-state index contributed by atoms with van der Waals surface area (Å²) in [5.41, 5.74) is 3.45. The van der Waals surface area contributed by atoms with Crippen LogP contribution in [0.5, 0.6) is 11.5 Å². The molecule has 0 bridgehead atoms. The van der Waals surface area contributed by atoms with Crippen LogP contribution in [0.4, 0.5) is 0 Å². The van der Waals surface area contributed by atoms with Crippen molar-refractivity contribution in [2.45, 2.75) is 19.4 Å². The van der Waals surface area contributed by atoms with E-state index in [1.54, 1.807) is 38.5 Å². The number of fused-ring (bicyclic) bond motifs is 1. The SMILES string of the molecule is COc1ccc(C(=O)NCCCc2nc3ccccc3n2Cc2ccc(Cl)cc2Cl)cc1OC. The van der Waals surface area contributed by atoms with Gasteiger partial charge in [0.05, 0.1) is 31.8 Å². The van der Waals surface area contributed by atoms with Crippen LogP contribution in [0.2, 0.25) is 10.0 Å². The third-order valence-electron chi connectivity index (χ3n) is 5.59. The molecule has 1 amide bonds. The van der Waals surface area contributed by atoms with Crippen molar-refractivity contribution >= 4 is 40.1 Å². The van der Waals surface area contributed by atoms with Crippen LogP contribution in [0, 0.1) is 0 Å². The largest absolute Gasteiger partial charge is 0.493 e. The first kappa shape index (κ1) is 23.9. The normalized spacial score (nSPS) is 10.9. The second-order valence-corrected chi connectivity index (χ2v) is 8.61. The van der Waals surface area contributed by atoms with E-state index < -0.39 is 0 Å². The van der Waals surface area contributed by atoms with E-state index in [1.807, 2.05) is 30.3 Å². The van der Waals surface area contributed by atoms with Gasteiger partial charge in [-0.3, -0.25) is 4.79 Å². The monoisotopic (exact) mass is 497 g/mol. The van der Waals surface area contributed by atoms with Crippen LogP contribution in [0.25, 0.3) is 11.0 Å². The molecule has 0 saturated carbocycles. The van der Waals surface area contributed by atoms with Crippen LogP contribution in [-0.2, 0) is 13.0 Å². The molecule has 4 aromatic rings. The average Bonchev–Trinajstić information content (AvgIpc) is 3.20. The van der Waals surface area contributed by atoms with Crippen molar-refractivity contribution in [1.82, 2.24) is 14.9 Å². The molecule has 6 nitrogen and oxygen atoms in total. The lowest BCUT2D eigenvalue weighted by Gasteiger charge is -2.12. The first-order valence-electron chi connectivity index (χ1n) is 10.9. The number of nitrogens with one attached hydrogen (secondary N) is 1. The summed E-state index contributed by atoms with van der Waals surface area (Å²) < 4.78 is 12.7. The van der Waals surface area contributed by atoms with Gasteiger partial charge in [0.25, 0.3) is 5.91 Å². The number of aromatic nitrogens is 2. The van der Waals surface area contributed by atoms with Gasteiger partial charge in [0.2, 0.25) is 0 Å². The van der Waals surface area contributed by atoms with Crippen LogP contribution in [-0.4, -0.2) is 36.2 Å². The molecule has 1 heterocycles. The molecule has 0 aliphatic rings. The standard InChI is InChI=1S/C26H25Cl2N3O3/c1-33-23-12-10-17(14-24(23)34-2)26(32)29-13-5-8-25-30-21-6-3-4-7-22(21)31(25)16-18-9-11-19(27)15-20(18)28/h3-4,6-7,9-12,14-15H,5,8,13,16H2,1-2H3,(H,29,32). The number of nitrogens with zero attached hydrogens (tertiary/aromatic N) is 2. The second-order valence-electron chi connectivity index (χ2n) is 7.77. The number of para-hydroxylation sites is 2. The Morgan fingerprint density at radius 1 is 1.00 bits per heavy atom. The lowest BCUT2D eigenvalue weighted by Crippen LogP contribution is -2.25. The van der Waals surface area contributed by atoms with Gasteiger partial charge < -0.3 is 19.4 Å². The van der Waals surface area contributed by atoms with Crippen LogP contribution in [0.3, 0.4) is 0 Å². The highest BCUT2D eigenvalue weighted by Crippen LogP contribution is 2.28. The number of amides is 1. The third-order valence-corrected chi connectivity index (χ3v) is 6.17. The highest BCUT2D eigenvalue weighted by molar-refractivity contribution is 6.35. The number of hydrogen-bond acceptors (Lipinski definition) is 4. The van der Waals surface area contributed by atoms with Crippen molar-refractivity contribution in [2.24, 2.45) is 0 Å². The maximum atomic E-state index is 12.6. The zero-order valence-corrected chi connectivity index (χ0v) is 20.5. The van der Waals surface area contributed by atoms with Crippen molar-refractivity contribution in [1.29, 1.82) is 0 Å². The second kappa shape index (κ2) is 10.8. The molecule has 176 valence electrons. The van der Waals surface area contributed by atoms with Crippen molar-refractivity contribution in [3.8, 4) is 11.5 Å². The Hall–Kier alpha value is -3.22. The Labute approximate surface area is 208 Å². The molecule has 0 aliphatic heterocycles. The van der Waals surface area contributed by atoms with E-state index in [2.05, 4.69) is 16.0 Å². The van der Waals surface area contributed by atoms with E-state index in [-0.39, 0.29) is 5.91 Å². The lowest BCUT2D eigenvalue weighted by molar-refractivity contribution is 0.0952. The molecule has 1 aromatic heterocycles. The minimum absolute atomic E-state index is 0.164. The molecule has 0 spiro atoms. The highest BCUT2D eigenvalue weighted by atomic mass is 35.5. The maximum Gasteiger partial charge on any atom is 0.251 e. The number of carbonyl (C=O) groups is 1. The van der Waals surface area contributed by atoms with E-state index in [4.69, 9.17) is 37.7 Å². The van der Waals surface area contributed by atoms with Gasteiger partial charge in [0.1, 0.15) is 5.82 Å². The molecule has 4 rings (SSSR count). The molecule has 1 N–H and O–H groups in total. The first-order valence-corrected chi connectivity index (χ1v) is 11.6. The Bertz CT molecular complexity index is 1320. The number of imidazole rings is 1. The fraction of sp³-hybridized carbons (Fsp3) is 0.231. The minimum atomic E-state index is -0.164. The Morgan fingerprint density at radius 3 is 2.56 bits per heavy atom. The van der Waals surface area contributed by atoms with Crippen molar-refractivity contribution in [3.05, 3.63) is 87.7 Å². The summed E-state index contributed by atoms with van der Waals surface area (Å²) in [4.78, 5) is 17.4. The number of hydrogen-bond donors (Lipinski definition) is 1. The first-order chi connectivity index (χ1) is 16.5. The van der Waals surface area contributed by atoms with Crippen molar-refractivity contribution in [2.75, 3.05) is 20.8 Å². The van der Waals surface area contributed by atoms with E-state index in [1.165, 1.54) is 0 Å². The van der Waals surface area contributed by atoms with Gasteiger partial charge >= 0.3 is 0 Å². The number of rotatable bonds is 9. The van der Waals surface area contributed by atoms with Crippen LogP contribution in [0.15, 0.2) is 60.7 Å². The lowest BCUT2D eigenvalue weighted by atomic mass is 10.2. The molecule has 8 heteroatoms. The molecule has 34 heavy (non-hydrogen) atoms. The van der Waals surface area contributed by atoms with Gasteiger partial charge in [-0.25, -0.2) is 4.98 Å². The zero-order valence-electron chi connectivity index (χ0n) is 19.0. The molecule has 0 fully saturated rings. The quantitative estimate of drug-likeness (QED) is 0.298. The third kappa shape index (κ3) is 5.29. The number of benzene rings is 3. The fourth-order valence-corrected chi connectivity index (χ4v) is 4.31. The summed E-state index contributed by atoms with van der Waals surface area (Å²) in [6, 6.07) is 18.7. The van der Waals surface area contributed by atoms with Gasteiger partial charge in [-0.1, -0.05) is 41.4 Å². The van der Waals surface area contributed by atoms with Gasteiger partial charge in [0.15, 0.2) is 11.5 Å². The zero-order chi connectivity index (χ0) is 24.1. The summed E-state index contributed by atoms with van der Waals surface area (Å²) >= 11 is 12.5. The molecule has 0 atom stereocenters. The van der Waals surface area contributed by atoms with Gasteiger partial charge in [-0.2, -0.15) is 0 Å². The number of carbonyl (C=O) groups excluding carboxylic acids is 1. The van der Waals surface area contributed by atoms with Crippen LogP contribution in [0.1, 0.15) is 28.2 Å². The van der Waals surface area contributed by atoms with E-state index >= 15 is 0 Å². The molecule has 3 aromatic carbocycles.